The Morgan fingerprint density at radius 3 is 2.81 bits per heavy atom. The summed E-state index contributed by atoms with van der Waals surface area (Å²) < 4.78 is 13.0. The van der Waals surface area contributed by atoms with Crippen LogP contribution in [0.2, 0.25) is 0 Å². The summed E-state index contributed by atoms with van der Waals surface area (Å²) in [5.74, 6) is 0.451. The van der Waals surface area contributed by atoms with Crippen molar-refractivity contribution in [2.75, 3.05) is 6.54 Å². The maximum atomic E-state index is 13.0. The van der Waals surface area contributed by atoms with E-state index in [1.165, 1.54) is 24.1 Å². The van der Waals surface area contributed by atoms with Crippen LogP contribution >= 0.6 is 0 Å². The molecule has 2 aromatic rings. The van der Waals surface area contributed by atoms with Gasteiger partial charge in [0.2, 0.25) is 0 Å². The van der Waals surface area contributed by atoms with E-state index in [0.29, 0.717) is 11.9 Å². The lowest BCUT2D eigenvalue weighted by Crippen LogP contribution is -2.21. The van der Waals surface area contributed by atoms with E-state index in [1.54, 1.807) is 12.1 Å². The Morgan fingerprint density at radius 1 is 1.24 bits per heavy atom. The highest BCUT2D eigenvalue weighted by Crippen LogP contribution is 2.28. The van der Waals surface area contributed by atoms with Gasteiger partial charge >= 0.3 is 0 Å². The van der Waals surface area contributed by atoms with Gasteiger partial charge in [-0.1, -0.05) is 13.3 Å². The Hall–Kier alpha value is -1.81. The highest BCUT2D eigenvalue weighted by molar-refractivity contribution is 5.55. The van der Waals surface area contributed by atoms with Gasteiger partial charge in [-0.3, -0.25) is 0 Å². The Labute approximate surface area is 124 Å². The topological polar surface area (TPSA) is 37.8 Å². The number of benzene rings is 1. The molecule has 1 heterocycles. The molecule has 0 spiro atoms. The molecule has 1 unspecified atom stereocenters. The van der Waals surface area contributed by atoms with Crippen molar-refractivity contribution in [3.8, 4) is 11.4 Å². The van der Waals surface area contributed by atoms with Crippen molar-refractivity contribution >= 4 is 0 Å². The van der Waals surface area contributed by atoms with Gasteiger partial charge in [-0.15, -0.1) is 0 Å². The second-order valence-corrected chi connectivity index (χ2v) is 5.46. The second-order valence-electron chi connectivity index (χ2n) is 5.46. The third kappa shape index (κ3) is 3.10. The van der Waals surface area contributed by atoms with Crippen molar-refractivity contribution in [3.05, 3.63) is 47.5 Å². The molecule has 0 aliphatic heterocycles. The largest absolute Gasteiger partial charge is 0.310 e. The molecule has 0 fully saturated rings. The zero-order valence-electron chi connectivity index (χ0n) is 12.3. The van der Waals surface area contributed by atoms with Gasteiger partial charge in [0.25, 0.3) is 0 Å². The summed E-state index contributed by atoms with van der Waals surface area (Å²) in [5, 5.41) is 3.52. The minimum Gasteiger partial charge on any atom is -0.310 e. The van der Waals surface area contributed by atoms with Crippen LogP contribution in [0.4, 0.5) is 4.39 Å². The predicted octanol–water partition coefficient (Wildman–Crippen LogP) is 3.66. The molecule has 0 radical (unpaired) electrons. The fourth-order valence-corrected chi connectivity index (χ4v) is 2.91. The third-order valence-electron chi connectivity index (χ3n) is 3.98. The molecule has 0 saturated carbocycles. The van der Waals surface area contributed by atoms with Crippen molar-refractivity contribution in [2.45, 2.75) is 38.6 Å². The molecular weight excluding hydrogens is 265 g/mol. The quantitative estimate of drug-likeness (QED) is 0.875. The van der Waals surface area contributed by atoms with Crippen LogP contribution in [-0.2, 0) is 6.42 Å². The Bertz CT molecular complexity index is 610. The van der Waals surface area contributed by atoms with Crippen LogP contribution in [0.15, 0.2) is 30.5 Å². The first-order valence-corrected chi connectivity index (χ1v) is 7.63. The molecular formula is C17H20FN3. The van der Waals surface area contributed by atoms with Gasteiger partial charge in [0.1, 0.15) is 5.82 Å². The molecule has 1 aromatic carbocycles. The number of nitrogens with one attached hydrogen (secondary N) is 1. The molecule has 1 aliphatic rings. The molecule has 21 heavy (non-hydrogen) atoms. The number of nitrogens with zero attached hydrogens (tertiary/aromatic N) is 2. The molecule has 3 nitrogen and oxygen atoms in total. The second kappa shape index (κ2) is 6.31. The molecule has 0 saturated heterocycles. The SMILES string of the molecule is CCNC1CCCCc2nc(-c3ccc(F)cc3)ncc21. The smallest absolute Gasteiger partial charge is 0.159 e. The number of halogens is 1. The number of fused-ring (bicyclic) bond motifs is 1. The Morgan fingerprint density at radius 2 is 2.05 bits per heavy atom. The molecule has 0 amide bonds. The van der Waals surface area contributed by atoms with Crippen LogP contribution in [0.25, 0.3) is 11.4 Å². The Kier molecular flexibility index (Phi) is 4.25. The highest BCUT2D eigenvalue weighted by Gasteiger charge is 2.20. The predicted molar refractivity (Wildman–Crippen MR) is 81.4 cm³/mol. The van der Waals surface area contributed by atoms with Gasteiger partial charge in [-0.05, 0) is 50.1 Å². The van der Waals surface area contributed by atoms with Gasteiger partial charge in [-0.25, -0.2) is 14.4 Å². The van der Waals surface area contributed by atoms with Crippen LogP contribution in [0.3, 0.4) is 0 Å². The third-order valence-corrected chi connectivity index (χ3v) is 3.98. The average Bonchev–Trinajstić information content (AvgIpc) is 2.70. The van der Waals surface area contributed by atoms with Crippen LogP contribution in [0, 0.1) is 5.82 Å². The molecule has 0 bridgehead atoms. The van der Waals surface area contributed by atoms with Gasteiger partial charge in [0.15, 0.2) is 5.82 Å². The summed E-state index contributed by atoms with van der Waals surface area (Å²) in [7, 11) is 0. The van der Waals surface area contributed by atoms with E-state index in [0.717, 1.165) is 37.1 Å². The van der Waals surface area contributed by atoms with Crippen LogP contribution in [-0.4, -0.2) is 16.5 Å². The van der Waals surface area contributed by atoms with Gasteiger partial charge in [-0.2, -0.15) is 0 Å². The molecule has 1 atom stereocenters. The summed E-state index contributed by atoms with van der Waals surface area (Å²) >= 11 is 0. The summed E-state index contributed by atoms with van der Waals surface area (Å²) in [6.07, 6.45) is 6.45. The molecule has 1 aromatic heterocycles. The first-order chi connectivity index (χ1) is 10.3. The zero-order chi connectivity index (χ0) is 14.7. The minimum atomic E-state index is -0.235. The lowest BCUT2D eigenvalue weighted by atomic mass is 10.0. The molecule has 4 heteroatoms. The lowest BCUT2D eigenvalue weighted by molar-refractivity contribution is 0.502. The monoisotopic (exact) mass is 285 g/mol. The van der Waals surface area contributed by atoms with E-state index in [-0.39, 0.29) is 5.82 Å². The van der Waals surface area contributed by atoms with Gasteiger partial charge in [0, 0.05) is 29.1 Å². The maximum absolute atomic E-state index is 13.0. The number of rotatable bonds is 3. The van der Waals surface area contributed by atoms with Crippen molar-refractivity contribution in [1.29, 1.82) is 0 Å². The van der Waals surface area contributed by atoms with Crippen LogP contribution in [0.5, 0.6) is 0 Å². The number of aromatic nitrogens is 2. The standard InChI is InChI=1S/C17H20FN3/c1-2-19-15-5-3-4-6-16-14(15)11-20-17(21-16)12-7-9-13(18)10-8-12/h7-11,15,19H,2-6H2,1H3. The molecule has 1 N–H and O–H groups in total. The maximum Gasteiger partial charge on any atom is 0.159 e. The normalized spacial score (nSPS) is 18.1. The summed E-state index contributed by atoms with van der Waals surface area (Å²) in [6, 6.07) is 6.72. The molecule has 1 aliphatic carbocycles. The van der Waals surface area contributed by atoms with E-state index in [1.807, 2.05) is 6.20 Å². The number of hydrogen-bond acceptors (Lipinski definition) is 3. The van der Waals surface area contributed by atoms with Crippen LogP contribution in [0.1, 0.15) is 43.5 Å². The van der Waals surface area contributed by atoms with E-state index < -0.39 is 0 Å². The number of aryl methyl sites for hydroxylation is 1. The fourth-order valence-electron chi connectivity index (χ4n) is 2.91. The van der Waals surface area contributed by atoms with E-state index in [9.17, 15) is 4.39 Å². The van der Waals surface area contributed by atoms with Crippen molar-refractivity contribution in [3.63, 3.8) is 0 Å². The molecule has 3 rings (SSSR count). The first kappa shape index (κ1) is 14.1. The van der Waals surface area contributed by atoms with E-state index in [2.05, 4.69) is 17.2 Å². The number of hydrogen-bond donors (Lipinski definition) is 1. The van der Waals surface area contributed by atoms with Crippen LogP contribution < -0.4 is 5.32 Å². The highest BCUT2D eigenvalue weighted by atomic mass is 19.1. The summed E-state index contributed by atoms with van der Waals surface area (Å²) in [4.78, 5) is 9.22. The lowest BCUT2D eigenvalue weighted by Gasteiger charge is -2.17. The van der Waals surface area contributed by atoms with Crippen molar-refractivity contribution in [2.24, 2.45) is 0 Å². The van der Waals surface area contributed by atoms with Gasteiger partial charge < -0.3 is 5.32 Å². The summed E-state index contributed by atoms with van der Waals surface area (Å²) in [6.45, 7) is 3.07. The average molecular weight is 285 g/mol. The summed E-state index contributed by atoms with van der Waals surface area (Å²) in [5.41, 5.74) is 3.22. The Balaban J connectivity index is 1.96. The minimum absolute atomic E-state index is 0.235. The zero-order valence-corrected chi connectivity index (χ0v) is 12.3. The first-order valence-electron chi connectivity index (χ1n) is 7.63. The van der Waals surface area contributed by atoms with Crippen molar-refractivity contribution in [1.82, 2.24) is 15.3 Å². The van der Waals surface area contributed by atoms with Crippen molar-refractivity contribution < 1.29 is 4.39 Å². The van der Waals surface area contributed by atoms with E-state index >= 15 is 0 Å². The molecule has 110 valence electrons. The van der Waals surface area contributed by atoms with Gasteiger partial charge in [0.05, 0.1) is 0 Å². The van der Waals surface area contributed by atoms with E-state index in [4.69, 9.17) is 4.98 Å². The fraction of sp³-hybridized carbons (Fsp3) is 0.412.